The molecule has 0 aromatic heterocycles. The predicted molar refractivity (Wildman–Crippen MR) is 79.8 cm³/mol. The number of hydrogen-bond acceptors (Lipinski definition) is 4. The molecule has 1 aliphatic rings. The van der Waals surface area contributed by atoms with Gasteiger partial charge in [0.25, 0.3) is 0 Å². The highest BCUT2D eigenvalue weighted by atomic mass is 32.2. The molecule has 0 atom stereocenters. The molecule has 0 bridgehead atoms. The molecule has 1 aliphatic carbocycles. The summed E-state index contributed by atoms with van der Waals surface area (Å²) in [5.41, 5.74) is 6.36. The third-order valence-electron chi connectivity index (χ3n) is 3.61. The number of nitrogens with one attached hydrogen (secondary N) is 1. The van der Waals surface area contributed by atoms with Crippen molar-refractivity contribution in [1.29, 1.82) is 0 Å². The van der Waals surface area contributed by atoms with E-state index in [1.54, 1.807) is 18.2 Å². The van der Waals surface area contributed by atoms with E-state index in [4.69, 9.17) is 5.73 Å². The Morgan fingerprint density at radius 3 is 2.75 bits per heavy atom. The van der Waals surface area contributed by atoms with Crippen LogP contribution in [0, 0.1) is 0 Å². The summed E-state index contributed by atoms with van der Waals surface area (Å²) >= 11 is 0. The van der Waals surface area contributed by atoms with Gasteiger partial charge in [-0.3, -0.25) is 4.90 Å². The second-order valence-electron chi connectivity index (χ2n) is 5.11. The van der Waals surface area contributed by atoms with E-state index in [0.29, 0.717) is 19.1 Å². The Bertz CT molecular complexity index is 541. The second-order valence-corrected chi connectivity index (χ2v) is 6.88. The van der Waals surface area contributed by atoms with Crippen LogP contribution in [0.15, 0.2) is 29.2 Å². The molecule has 0 unspecified atom stereocenters. The average molecular weight is 297 g/mol. The molecule has 1 aromatic carbocycles. The number of nitrogens with two attached hydrogens (primary N) is 1. The summed E-state index contributed by atoms with van der Waals surface area (Å²) in [4.78, 5) is 2.61. The van der Waals surface area contributed by atoms with E-state index in [0.717, 1.165) is 18.7 Å². The third kappa shape index (κ3) is 4.02. The van der Waals surface area contributed by atoms with E-state index < -0.39 is 10.0 Å². The van der Waals surface area contributed by atoms with Gasteiger partial charge >= 0.3 is 0 Å². The molecule has 1 saturated carbocycles. The topological polar surface area (TPSA) is 75.4 Å². The van der Waals surface area contributed by atoms with E-state index >= 15 is 0 Å². The first-order chi connectivity index (χ1) is 9.56. The van der Waals surface area contributed by atoms with Gasteiger partial charge < -0.3 is 5.73 Å². The van der Waals surface area contributed by atoms with Crippen molar-refractivity contribution in [1.82, 2.24) is 9.62 Å². The Morgan fingerprint density at radius 1 is 1.40 bits per heavy atom. The molecular weight excluding hydrogens is 274 g/mol. The quantitative estimate of drug-likeness (QED) is 0.748. The van der Waals surface area contributed by atoms with Gasteiger partial charge in [0, 0.05) is 25.7 Å². The van der Waals surface area contributed by atoms with Gasteiger partial charge in [-0.25, -0.2) is 13.1 Å². The van der Waals surface area contributed by atoms with E-state index in [-0.39, 0.29) is 4.90 Å². The first kappa shape index (κ1) is 15.4. The molecule has 1 aromatic rings. The fourth-order valence-corrected chi connectivity index (χ4v) is 3.38. The Labute approximate surface area is 121 Å². The van der Waals surface area contributed by atoms with Crippen LogP contribution >= 0.6 is 0 Å². The molecule has 0 radical (unpaired) electrons. The molecule has 6 heteroatoms. The zero-order valence-corrected chi connectivity index (χ0v) is 12.7. The van der Waals surface area contributed by atoms with Crippen LogP contribution < -0.4 is 10.5 Å². The van der Waals surface area contributed by atoms with E-state index in [9.17, 15) is 8.42 Å². The molecule has 2 rings (SSSR count). The lowest BCUT2D eigenvalue weighted by atomic mass is 10.2. The van der Waals surface area contributed by atoms with Crippen LogP contribution in [0.3, 0.4) is 0 Å². The summed E-state index contributed by atoms with van der Waals surface area (Å²) in [6, 6.07) is 7.43. The maximum Gasteiger partial charge on any atom is 0.240 e. The standard InChI is InChI=1S/C14H23N3O2S/c1-2-17(13-6-7-13)9-8-16-20(18,19)14-5-3-4-12(10-14)11-15/h3-5,10,13,16H,2,6-9,11,15H2,1H3. The lowest BCUT2D eigenvalue weighted by Gasteiger charge is -2.19. The summed E-state index contributed by atoms with van der Waals surface area (Å²) in [6.07, 6.45) is 2.47. The smallest absolute Gasteiger partial charge is 0.240 e. The van der Waals surface area contributed by atoms with Gasteiger partial charge in [0.15, 0.2) is 0 Å². The van der Waals surface area contributed by atoms with Gasteiger partial charge in [0.1, 0.15) is 0 Å². The van der Waals surface area contributed by atoms with Crippen LogP contribution in [-0.4, -0.2) is 39.0 Å². The summed E-state index contributed by atoms with van der Waals surface area (Å²) < 4.78 is 27.0. The van der Waals surface area contributed by atoms with Gasteiger partial charge in [0.2, 0.25) is 10.0 Å². The van der Waals surface area contributed by atoms with Gasteiger partial charge in [-0.2, -0.15) is 0 Å². The lowest BCUT2D eigenvalue weighted by molar-refractivity contribution is 0.282. The van der Waals surface area contributed by atoms with Gasteiger partial charge in [-0.05, 0) is 37.1 Å². The van der Waals surface area contributed by atoms with Crippen molar-refractivity contribution in [2.45, 2.75) is 37.2 Å². The molecule has 0 heterocycles. The SMILES string of the molecule is CCN(CCNS(=O)(=O)c1cccc(CN)c1)C1CC1. The predicted octanol–water partition coefficient (Wildman–Crippen LogP) is 0.908. The summed E-state index contributed by atoms with van der Waals surface area (Å²) in [5.74, 6) is 0. The van der Waals surface area contributed by atoms with E-state index in [1.165, 1.54) is 12.8 Å². The first-order valence-corrected chi connectivity index (χ1v) is 8.58. The fraction of sp³-hybridized carbons (Fsp3) is 0.571. The molecule has 0 saturated heterocycles. The molecule has 5 nitrogen and oxygen atoms in total. The monoisotopic (exact) mass is 297 g/mol. The third-order valence-corrected chi connectivity index (χ3v) is 5.06. The van der Waals surface area contributed by atoms with Crippen LogP contribution in [0.5, 0.6) is 0 Å². The minimum Gasteiger partial charge on any atom is -0.326 e. The minimum absolute atomic E-state index is 0.287. The Balaban J connectivity index is 1.92. The van der Waals surface area contributed by atoms with Crippen LogP contribution in [-0.2, 0) is 16.6 Å². The molecule has 20 heavy (non-hydrogen) atoms. The maximum absolute atomic E-state index is 12.2. The normalized spacial score (nSPS) is 15.8. The molecule has 3 N–H and O–H groups in total. The average Bonchev–Trinajstić information content (AvgIpc) is 3.28. The van der Waals surface area contributed by atoms with Crippen LogP contribution in [0.2, 0.25) is 0 Å². The van der Waals surface area contributed by atoms with Crippen LogP contribution in [0.25, 0.3) is 0 Å². The van der Waals surface area contributed by atoms with Crippen LogP contribution in [0.1, 0.15) is 25.3 Å². The van der Waals surface area contributed by atoms with E-state index in [1.807, 2.05) is 6.07 Å². The lowest BCUT2D eigenvalue weighted by Crippen LogP contribution is -2.36. The number of benzene rings is 1. The maximum atomic E-state index is 12.2. The molecular formula is C14H23N3O2S. The van der Waals surface area contributed by atoms with Crippen molar-refractivity contribution in [3.05, 3.63) is 29.8 Å². The Hall–Kier alpha value is -0.950. The van der Waals surface area contributed by atoms with Crippen LogP contribution in [0.4, 0.5) is 0 Å². The summed E-state index contributed by atoms with van der Waals surface area (Å²) in [6.45, 7) is 4.62. The van der Waals surface area contributed by atoms with Crippen molar-refractivity contribution in [3.8, 4) is 0 Å². The molecule has 112 valence electrons. The Morgan fingerprint density at radius 2 is 2.15 bits per heavy atom. The molecule has 0 amide bonds. The Kier molecular flexibility index (Phi) is 5.15. The number of sulfonamides is 1. The first-order valence-electron chi connectivity index (χ1n) is 7.09. The van der Waals surface area contributed by atoms with Crippen molar-refractivity contribution in [2.75, 3.05) is 19.6 Å². The molecule has 0 aliphatic heterocycles. The second kappa shape index (κ2) is 6.67. The number of hydrogen-bond donors (Lipinski definition) is 2. The van der Waals surface area contributed by atoms with Gasteiger partial charge in [-0.15, -0.1) is 0 Å². The molecule has 0 spiro atoms. The number of nitrogens with zero attached hydrogens (tertiary/aromatic N) is 1. The largest absolute Gasteiger partial charge is 0.326 e. The zero-order chi connectivity index (χ0) is 14.6. The highest BCUT2D eigenvalue weighted by Gasteiger charge is 2.27. The van der Waals surface area contributed by atoms with E-state index in [2.05, 4.69) is 16.5 Å². The fourth-order valence-electron chi connectivity index (χ4n) is 2.29. The zero-order valence-electron chi connectivity index (χ0n) is 11.9. The number of likely N-dealkylation sites (N-methyl/N-ethyl adjacent to an activating group) is 1. The minimum atomic E-state index is -3.43. The van der Waals surface area contributed by atoms with Crippen molar-refractivity contribution < 1.29 is 8.42 Å². The summed E-state index contributed by atoms with van der Waals surface area (Å²) in [7, 11) is -3.43. The van der Waals surface area contributed by atoms with Crippen molar-refractivity contribution in [3.63, 3.8) is 0 Å². The van der Waals surface area contributed by atoms with Gasteiger partial charge in [0.05, 0.1) is 4.90 Å². The summed E-state index contributed by atoms with van der Waals surface area (Å²) in [5, 5.41) is 0. The molecule has 1 fully saturated rings. The van der Waals surface area contributed by atoms with Gasteiger partial charge in [-0.1, -0.05) is 19.1 Å². The number of rotatable bonds is 8. The van der Waals surface area contributed by atoms with Crippen molar-refractivity contribution in [2.24, 2.45) is 5.73 Å². The highest BCUT2D eigenvalue weighted by Crippen LogP contribution is 2.25. The van der Waals surface area contributed by atoms with Crippen molar-refractivity contribution >= 4 is 10.0 Å². The highest BCUT2D eigenvalue weighted by molar-refractivity contribution is 7.89.